The van der Waals surface area contributed by atoms with Crippen molar-refractivity contribution in [3.8, 4) is 0 Å². The topological polar surface area (TPSA) is 60.2 Å². The number of halogens is 3. The summed E-state index contributed by atoms with van der Waals surface area (Å²) < 4.78 is 42.5. The molecule has 0 radical (unpaired) electrons. The molecule has 0 bridgehead atoms. The van der Waals surface area contributed by atoms with Crippen molar-refractivity contribution >= 4 is 0 Å². The van der Waals surface area contributed by atoms with Gasteiger partial charge in [-0.2, -0.15) is 13.2 Å². The Bertz CT molecular complexity index is 352. The van der Waals surface area contributed by atoms with Crippen molar-refractivity contribution in [1.29, 1.82) is 0 Å². The van der Waals surface area contributed by atoms with E-state index in [9.17, 15) is 13.2 Å². The molecule has 0 unspecified atom stereocenters. The highest BCUT2D eigenvalue weighted by Crippen LogP contribution is 2.21. The highest BCUT2D eigenvalue weighted by Gasteiger charge is 2.28. The van der Waals surface area contributed by atoms with Crippen LogP contribution in [0.5, 0.6) is 0 Å². The van der Waals surface area contributed by atoms with Gasteiger partial charge in [-0.1, -0.05) is 0 Å². The minimum absolute atomic E-state index is 0.212. The van der Waals surface area contributed by atoms with E-state index in [-0.39, 0.29) is 24.7 Å². The lowest BCUT2D eigenvalue weighted by molar-refractivity contribution is -0.134. The van der Waals surface area contributed by atoms with Crippen molar-refractivity contribution < 1.29 is 23.0 Å². The van der Waals surface area contributed by atoms with Gasteiger partial charge in [0.2, 0.25) is 0 Å². The Morgan fingerprint density at radius 1 is 1.29 bits per heavy atom. The van der Waals surface area contributed by atoms with Crippen molar-refractivity contribution in [2.45, 2.75) is 32.2 Å². The van der Waals surface area contributed by atoms with Crippen molar-refractivity contribution in [2.24, 2.45) is 0 Å². The minimum atomic E-state index is -4.22. The third kappa shape index (κ3) is 4.31. The first kappa shape index (κ1) is 13.9. The van der Waals surface area contributed by atoms with Gasteiger partial charge in [0.15, 0.2) is 5.82 Å². The maximum absolute atomic E-state index is 12.1. The van der Waals surface area contributed by atoms with Gasteiger partial charge in [-0.05, 0) is 0 Å². The first-order chi connectivity index (χ1) is 7.98. The van der Waals surface area contributed by atoms with Crippen LogP contribution in [-0.4, -0.2) is 39.8 Å². The van der Waals surface area contributed by atoms with Crippen LogP contribution in [0.2, 0.25) is 0 Å². The van der Waals surface area contributed by atoms with Crippen molar-refractivity contribution in [2.75, 3.05) is 13.7 Å². The Balaban J connectivity index is 2.73. The quantitative estimate of drug-likeness (QED) is 0.818. The van der Waals surface area contributed by atoms with Gasteiger partial charge in [-0.15, -0.1) is 10.2 Å². The van der Waals surface area contributed by atoms with Gasteiger partial charge >= 0.3 is 6.18 Å². The number of aryl methyl sites for hydroxylation is 1. The average molecular weight is 253 g/mol. The number of hydrogen-bond acceptors (Lipinski definition) is 4. The molecular weight excluding hydrogens is 239 g/mol. The molecule has 1 aromatic heterocycles. The van der Waals surface area contributed by atoms with Crippen LogP contribution in [0.15, 0.2) is 0 Å². The van der Waals surface area contributed by atoms with E-state index in [1.807, 2.05) is 0 Å². The van der Waals surface area contributed by atoms with Gasteiger partial charge in [-0.25, -0.2) is 0 Å². The number of aliphatic hydroxyl groups is 1. The molecule has 0 fully saturated rings. The molecule has 0 aliphatic heterocycles. The zero-order valence-electron chi connectivity index (χ0n) is 9.37. The lowest BCUT2D eigenvalue weighted by Crippen LogP contribution is -2.15. The van der Waals surface area contributed by atoms with Crippen molar-refractivity contribution in [1.82, 2.24) is 14.8 Å². The predicted octanol–water partition coefficient (Wildman–Crippen LogP) is 0.912. The van der Waals surface area contributed by atoms with E-state index in [2.05, 4.69) is 10.2 Å². The number of hydrogen-bond donors (Lipinski definition) is 1. The molecule has 0 saturated heterocycles. The van der Waals surface area contributed by atoms with E-state index in [1.54, 1.807) is 0 Å². The lowest BCUT2D eigenvalue weighted by atomic mass is 10.3. The summed E-state index contributed by atoms with van der Waals surface area (Å²) in [5, 5.41) is 16.2. The van der Waals surface area contributed by atoms with Crippen molar-refractivity contribution in [3.63, 3.8) is 0 Å². The summed E-state index contributed by atoms with van der Waals surface area (Å²) in [5.41, 5.74) is 0. The van der Waals surface area contributed by atoms with Gasteiger partial charge in [0.25, 0.3) is 0 Å². The summed E-state index contributed by atoms with van der Waals surface area (Å²) in [6, 6.07) is 0. The molecule has 5 nitrogen and oxygen atoms in total. The Morgan fingerprint density at radius 2 is 1.94 bits per heavy atom. The summed E-state index contributed by atoms with van der Waals surface area (Å²) in [5.74, 6) is 0.461. The summed E-state index contributed by atoms with van der Waals surface area (Å²) in [7, 11) is 1.48. The largest absolute Gasteiger partial charge is 0.389 e. The molecule has 1 aromatic rings. The maximum Gasteiger partial charge on any atom is 0.389 e. The number of aliphatic hydroxyl groups excluding tert-OH is 1. The highest BCUT2D eigenvalue weighted by molar-refractivity contribution is 4.95. The molecule has 8 heteroatoms. The second-order valence-electron chi connectivity index (χ2n) is 3.45. The van der Waals surface area contributed by atoms with Gasteiger partial charge in [0.1, 0.15) is 12.4 Å². The van der Waals surface area contributed by atoms with E-state index in [0.29, 0.717) is 13.2 Å². The van der Waals surface area contributed by atoms with Crippen LogP contribution in [0, 0.1) is 0 Å². The molecule has 98 valence electrons. The zero-order valence-corrected chi connectivity index (χ0v) is 9.37. The monoisotopic (exact) mass is 253 g/mol. The Hall–Kier alpha value is -1.15. The number of nitrogens with zero attached hydrogens (tertiary/aromatic N) is 3. The molecule has 0 atom stereocenters. The van der Waals surface area contributed by atoms with Gasteiger partial charge < -0.3 is 14.4 Å². The highest BCUT2D eigenvalue weighted by atomic mass is 19.4. The number of rotatable bonds is 6. The van der Waals surface area contributed by atoms with E-state index in [0.717, 1.165) is 0 Å². The normalized spacial score (nSPS) is 12.1. The Kier molecular flexibility index (Phi) is 4.88. The molecule has 0 saturated carbocycles. The fourth-order valence-electron chi connectivity index (χ4n) is 1.37. The van der Waals surface area contributed by atoms with Crippen LogP contribution in [0.3, 0.4) is 0 Å². The van der Waals surface area contributed by atoms with Crippen LogP contribution >= 0.6 is 0 Å². The Morgan fingerprint density at radius 3 is 2.47 bits per heavy atom. The summed E-state index contributed by atoms with van der Waals surface area (Å²) in [6.45, 7) is 0.291. The van der Waals surface area contributed by atoms with Crippen LogP contribution < -0.4 is 0 Å². The summed E-state index contributed by atoms with van der Waals surface area (Å²) >= 11 is 0. The van der Waals surface area contributed by atoms with E-state index >= 15 is 0 Å². The first-order valence-electron chi connectivity index (χ1n) is 5.05. The predicted molar refractivity (Wildman–Crippen MR) is 52.2 cm³/mol. The molecule has 0 aliphatic carbocycles. The van der Waals surface area contributed by atoms with Gasteiger partial charge in [0, 0.05) is 20.1 Å². The maximum atomic E-state index is 12.1. The summed E-state index contributed by atoms with van der Waals surface area (Å²) in [6.07, 6.45) is -5.43. The van der Waals surface area contributed by atoms with Crippen LogP contribution in [0.25, 0.3) is 0 Å². The third-order valence-electron chi connectivity index (χ3n) is 2.20. The van der Waals surface area contributed by atoms with Gasteiger partial charge in [0.05, 0.1) is 13.0 Å². The lowest BCUT2D eigenvalue weighted by Gasteiger charge is -2.09. The standard InChI is InChI=1S/C9H14F3N3O2/c1-17-5-4-15-7(2-3-9(10,11)12)13-14-8(15)6-16/h16H,2-6H2,1H3. The fraction of sp³-hybridized carbons (Fsp3) is 0.778. The molecule has 1 heterocycles. The summed E-state index contributed by atoms with van der Waals surface area (Å²) in [4.78, 5) is 0. The smallest absolute Gasteiger partial charge is 0.388 e. The SMILES string of the molecule is COCCn1c(CO)nnc1CCC(F)(F)F. The molecule has 1 rings (SSSR count). The first-order valence-corrected chi connectivity index (χ1v) is 5.05. The second-order valence-corrected chi connectivity index (χ2v) is 3.45. The van der Waals surface area contributed by atoms with Crippen LogP contribution in [0.1, 0.15) is 18.1 Å². The van der Waals surface area contributed by atoms with E-state index in [4.69, 9.17) is 9.84 Å². The zero-order chi connectivity index (χ0) is 12.9. The number of alkyl halides is 3. The minimum Gasteiger partial charge on any atom is -0.388 e. The van der Waals surface area contributed by atoms with Crippen LogP contribution in [0.4, 0.5) is 13.2 Å². The van der Waals surface area contributed by atoms with Crippen LogP contribution in [-0.2, 0) is 24.3 Å². The van der Waals surface area contributed by atoms with Crippen molar-refractivity contribution in [3.05, 3.63) is 11.6 Å². The molecule has 0 aliphatic rings. The number of aromatic nitrogens is 3. The third-order valence-corrected chi connectivity index (χ3v) is 2.20. The fourth-order valence-corrected chi connectivity index (χ4v) is 1.37. The number of methoxy groups -OCH3 is 1. The van der Waals surface area contributed by atoms with E-state index < -0.39 is 12.6 Å². The van der Waals surface area contributed by atoms with Gasteiger partial charge in [-0.3, -0.25) is 0 Å². The average Bonchev–Trinajstić information content (AvgIpc) is 2.64. The molecule has 17 heavy (non-hydrogen) atoms. The molecule has 0 spiro atoms. The molecule has 0 aromatic carbocycles. The Labute approximate surface area is 96.2 Å². The van der Waals surface area contributed by atoms with E-state index in [1.165, 1.54) is 11.7 Å². The second kappa shape index (κ2) is 5.97. The molecule has 1 N–H and O–H groups in total. The molecule has 0 amide bonds. The molecular formula is C9H14F3N3O2. The number of ether oxygens (including phenoxy) is 1.